The van der Waals surface area contributed by atoms with Crippen molar-refractivity contribution in [2.75, 3.05) is 6.61 Å². The van der Waals surface area contributed by atoms with Gasteiger partial charge in [0.05, 0.1) is 15.5 Å². The van der Waals surface area contributed by atoms with Gasteiger partial charge in [0.15, 0.2) is 6.61 Å². The van der Waals surface area contributed by atoms with Crippen LogP contribution < -0.4 is 0 Å². The predicted molar refractivity (Wildman–Crippen MR) is 97.0 cm³/mol. The van der Waals surface area contributed by atoms with Crippen LogP contribution in [0.15, 0.2) is 24.3 Å². The first-order valence-corrected chi connectivity index (χ1v) is 8.34. The van der Waals surface area contributed by atoms with E-state index in [2.05, 4.69) is 0 Å². The number of aryl methyl sites for hydroxylation is 1. The van der Waals surface area contributed by atoms with E-state index in [1.807, 2.05) is 32.3 Å². The highest BCUT2D eigenvalue weighted by molar-refractivity contribution is 6.33. The Balaban J connectivity index is 2.12. The van der Waals surface area contributed by atoms with Crippen LogP contribution in [0.5, 0.6) is 0 Å². The third-order valence-corrected chi connectivity index (χ3v) is 4.33. The number of hydrogen-bond acceptors (Lipinski definition) is 5. The van der Waals surface area contributed by atoms with Gasteiger partial charge in [-0.3, -0.25) is 14.9 Å². The largest absolute Gasteiger partial charge is 0.454 e. The van der Waals surface area contributed by atoms with Crippen molar-refractivity contribution >= 4 is 29.0 Å². The van der Waals surface area contributed by atoms with Gasteiger partial charge < -0.3 is 9.30 Å². The third-order valence-electron chi connectivity index (χ3n) is 4.02. The van der Waals surface area contributed by atoms with E-state index in [0.29, 0.717) is 5.56 Å². The Bertz CT molecular complexity index is 886. The van der Waals surface area contributed by atoms with Crippen LogP contribution >= 0.6 is 11.6 Å². The van der Waals surface area contributed by atoms with Gasteiger partial charge in [-0.25, -0.2) is 4.79 Å². The normalized spacial score (nSPS) is 10.8. The topological polar surface area (TPSA) is 91.4 Å². The molecule has 138 valence electrons. The summed E-state index contributed by atoms with van der Waals surface area (Å²) in [4.78, 5) is 34.6. The Morgan fingerprint density at radius 3 is 2.38 bits per heavy atom. The van der Waals surface area contributed by atoms with Crippen molar-refractivity contribution in [3.63, 3.8) is 0 Å². The highest BCUT2D eigenvalue weighted by atomic mass is 35.5. The molecule has 0 unspecified atom stereocenters. The molecule has 26 heavy (non-hydrogen) atoms. The molecule has 7 nitrogen and oxygen atoms in total. The summed E-state index contributed by atoms with van der Waals surface area (Å²) in [6.45, 7) is 7.35. The van der Waals surface area contributed by atoms with Crippen LogP contribution in [0.3, 0.4) is 0 Å². The van der Waals surface area contributed by atoms with Gasteiger partial charge in [-0.1, -0.05) is 11.6 Å². The number of nitrogens with zero attached hydrogens (tertiary/aromatic N) is 2. The summed E-state index contributed by atoms with van der Waals surface area (Å²) in [5.41, 5.74) is 2.00. The summed E-state index contributed by atoms with van der Waals surface area (Å²) in [6.07, 6.45) is 0. The average molecular weight is 379 g/mol. The molecule has 2 aromatic rings. The van der Waals surface area contributed by atoms with E-state index in [4.69, 9.17) is 16.3 Å². The lowest BCUT2D eigenvalue weighted by molar-refractivity contribution is -0.384. The van der Waals surface area contributed by atoms with Gasteiger partial charge in [0.2, 0.25) is 5.78 Å². The number of nitro benzene ring substituents is 1. The minimum atomic E-state index is -0.809. The fraction of sp³-hybridized carbons (Fsp3) is 0.333. The van der Waals surface area contributed by atoms with Crippen LogP contribution in [0.4, 0.5) is 5.69 Å². The van der Waals surface area contributed by atoms with E-state index in [0.717, 1.165) is 23.5 Å². The monoisotopic (exact) mass is 378 g/mol. The second-order valence-electron chi connectivity index (χ2n) is 6.17. The SMILES string of the molecule is Cc1cc(C(=O)COC(=O)c2ccc([N+](=O)[O-])cc2Cl)c(C)n1C(C)C. The number of ketones is 1. The maximum atomic E-state index is 12.4. The minimum Gasteiger partial charge on any atom is -0.454 e. The van der Waals surface area contributed by atoms with Crippen molar-refractivity contribution in [3.8, 4) is 0 Å². The van der Waals surface area contributed by atoms with Crippen LogP contribution in [0.1, 0.15) is 52.0 Å². The molecule has 0 fully saturated rings. The lowest BCUT2D eigenvalue weighted by Crippen LogP contribution is -2.15. The molecule has 8 heteroatoms. The highest BCUT2D eigenvalue weighted by Gasteiger charge is 2.20. The summed E-state index contributed by atoms with van der Waals surface area (Å²) >= 11 is 5.89. The molecule has 0 aliphatic carbocycles. The van der Waals surface area contributed by atoms with Crippen molar-refractivity contribution in [3.05, 3.63) is 61.9 Å². The van der Waals surface area contributed by atoms with Gasteiger partial charge >= 0.3 is 5.97 Å². The van der Waals surface area contributed by atoms with Crippen LogP contribution in [0, 0.1) is 24.0 Å². The summed E-state index contributed by atoms with van der Waals surface area (Å²) in [6, 6.07) is 5.40. The molecule has 1 heterocycles. The standard InChI is InChI=1S/C18H19ClN2O5/c1-10(2)20-11(3)7-15(12(20)4)17(22)9-26-18(23)14-6-5-13(21(24)25)8-16(14)19/h5-8,10H,9H2,1-4H3. The quantitative estimate of drug-likeness (QED) is 0.323. The first kappa shape index (κ1) is 19.7. The van der Waals surface area contributed by atoms with Gasteiger partial charge in [-0.15, -0.1) is 0 Å². The second-order valence-corrected chi connectivity index (χ2v) is 6.58. The average Bonchev–Trinajstić information content (AvgIpc) is 2.86. The molecular weight excluding hydrogens is 360 g/mol. The second kappa shape index (κ2) is 7.70. The highest BCUT2D eigenvalue weighted by Crippen LogP contribution is 2.24. The number of rotatable bonds is 6. The van der Waals surface area contributed by atoms with Gasteiger partial charge in [-0.05, 0) is 39.8 Å². The van der Waals surface area contributed by atoms with Gasteiger partial charge in [0, 0.05) is 35.1 Å². The maximum Gasteiger partial charge on any atom is 0.340 e. The number of hydrogen-bond donors (Lipinski definition) is 0. The maximum absolute atomic E-state index is 12.4. The number of non-ortho nitro benzene ring substituents is 1. The first-order valence-electron chi connectivity index (χ1n) is 7.96. The molecular formula is C18H19ClN2O5. The van der Waals surface area contributed by atoms with E-state index in [1.165, 1.54) is 6.07 Å². The molecule has 0 bridgehead atoms. The van der Waals surface area contributed by atoms with E-state index < -0.39 is 17.5 Å². The smallest absolute Gasteiger partial charge is 0.340 e. The van der Waals surface area contributed by atoms with E-state index >= 15 is 0 Å². The number of nitro groups is 1. The van der Waals surface area contributed by atoms with Crippen molar-refractivity contribution in [2.45, 2.75) is 33.7 Å². The molecule has 2 rings (SSSR count). The lowest BCUT2D eigenvalue weighted by Gasteiger charge is -2.13. The molecule has 0 atom stereocenters. The Labute approximate surface area is 155 Å². The third kappa shape index (κ3) is 3.94. The number of carbonyl (C=O) groups excluding carboxylic acids is 2. The van der Waals surface area contributed by atoms with Gasteiger partial charge in [-0.2, -0.15) is 0 Å². The minimum absolute atomic E-state index is 0.0299. The van der Waals surface area contributed by atoms with Crippen molar-refractivity contribution in [1.29, 1.82) is 0 Å². The Morgan fingerprint density at radius 2 is 1.88 bits per heavy atom. The molecule has 0 N–H and O–H groups in total. The number of ether oxygens (including phenoxy) is 1. The number of benzene rings is 1. The zero-order valence-corrected chi connectivity index (χ0v) is 15.7. The van der Waals surface area contributed by atoms with Crippen molar-refractivity contribution in [2.24, 2.45) is 0 Å². The molecule has 0 spiro atoms. The van der Waals surface area contributed by atoms with Crippen LogP contribution in [0.25, 0.3) is 0 Å². The summed E-state index contributed by atoms with van der Waals surface area (Å²) in [5.74, 6) is -1.13. The number of Topliss-reactive ketones (excluding diaryl/α,β-unsaturated/α-hetero) is 1. The zero-order chi connectivity index (χ0) is 19.6. The van der Waals surface area contributed by atoms with E-state index in [9.17, 15) is 19.7 Å². The number of esters is 1. The lowest BCUT2D eigenvalue weighted by atomic mass is 10.1. The molecule has 0 saturated carbocycles. The van der Waals surface area contributed by atoms with Gasteiger partial charge in [0.25, 0.3) is 5.69 Å². The summed E-state index contributed by atoms with van der Waals surface area (Å²) in [7, 11) is 0. The molecule has 0 aliphatic rings. The van der Waals surface area contributed by atoms with Gasteiger partial charge in [0.1, 0.15) is 0 Å². The van der Waals surface area contributed by atoms with E-state index in [1.54, 1.807) is 6.07 Å². The zero-order valence-electron chi connectivity index (χ0n) is 14.9. The first-order chi connectivity index (χ1) is 12.1. The molecule has 0 amide bonds. The Hall–Kier alpha value is -2.67. The molecule has 1 aromatic heterocycles. The van der Waals surface area contributed by atoms with Crippen molar-refractivity contribution < 1.29 is 19.2 Å². The predicted octanol–water partition coefficient (Wildman–Crippen LogP) is 4.29. The molecule has 0 saturated heterocycles. The number of halogens is 1. The van der Waals surface area contributed by atoms with Crippen LogP contribution in [-0.4, -0.2) is 27.8 Å². The number of carbonyl (C=O) groups is 2. The number of aromatic nitrogens is 1. The molecule has 0 aliphatic heterocycles. The summed E-state index contributed by atoms with van der Waals surface area (Å²) in [5, 5.41) is 10.6. The Kier molecular flexibility index (Phi) is 5.82. The van der Waals surface area contributed by atoms with Crippen molar-refractivity contribution in [1.82, 2.24) is 4.57 Å². The molecule has 0 radical (unpaired) electrons. The van der Waals surface area contributed by atoms with Crippen LogP contribution in [-0.2, 0) is 4.74 Å². The van der Waals surface area contributed by atoms with Crippen LogP contribution in [0.2, 0.25) is 5.02 Å². The fourth-order valence-electron chi connectivity index (χ4n) is 2.92. The van der Waals surface area contributed by atoms with E-state index in [-0.39, 0.29) is 28.1 Å². The fourth-order valence-corrected chi connectivity index (χ4v) is 3.18. The summed E-state index contributed by atoms with van der Waals surface area (Å²) < 4.78 is 7.07. The molecule has 1 aromatic carbocycles. The Morgan fingerprint density at radius 1 is 1.23 bits per heavy atom.